The highest BCUT2D eigenvalue weighted by Crippen LogP contribution is 2.06. The molecule has 0 spiro atoms. The van der Waals surface area contributed by atoms with Gasteiger partial charge >= 0.3 is 0 Å². The standard InChI is InChI=1S/C8H16N2O/c1-6-3-4-8(5-9-6)10-7(2)11/h6,8-9H,3-5H2,1-2H3,(H,10,11). The lowest BCUT2D eigenvalue weighted by Gasteiger charge is -2.27. The first-order valence-corrected chi connectivity index (χ1v) is 4.19. The van der Waals surface area contributed by atoms with Gasteiger partial charge in [-0.05, 0) is 19.8 Å². The lowest BCUT2D eigenvalue weighted by Crippen LogP contribution is -2.48. The van der Waals surface area contributed by atoms with Crippen LogP contribution < -0.4 is 10.6 Å². The maximum Gasteiger partial charge on any atom is 0.217 e. The first kappa shape index (κ1) is 8.53. The lowest BCUT2D eigenvalue weighted by atomic mass is 10.0. The second-order valence-corrected chi connectivity index (χ2v) is 3.28. The van der Waals surface area contributed by atoms with E-state index < -0.39 is 0 Å². The van der Waals surface area contributed by atoms with Crippen molar-refractivity contribution in [1.82, 2.24) is 10.6 Å². The molecule has 0 aromatic carbocycles. The van der Waals surface area contributed by atoms with E-state index in [9.17, 15) is 4.79 Å². The van der Waals surface area contributed by atoms with E-state index in [1.54, 1.807) is 6.92 Å². The van der Waals surface area contributed by atoms with Crippen molar-refractivity contribution in [3.8, 4) is 0 Å². The van der Waals surface area contributed by atoms with Crippen LogP contribution in [0.1, 0.15) is 26.7 Å². The Hall–Kier alpha value is -0.570. The van der Waals surface area contributed by atoms with Gasteiger partial charge in [0.15, 0.2) is 0 Å². The SMILES string of the molecule is CC(=O)NC1CCC(C)NC1. The summed E-state index contributed by atoms with van der Waals surface area (Å²) in [4.78, 5) is 10.7. The van der Waals surface area contributed by atoms with Gasteiger partial charge in [0, 0.05) is 25.6 Å². The summed E-state index contributed by atoms with van der Waals surface area (Å²) >= 11 is 0. The fourth-order valence-electron chi connectivity index (χ4n) is 1.41. The number of rotatable bonds is 1. The summed E-state index contributed by atoms with van der Waals surface area (Å²) in [7, 11) is 0. The van der Waals surface area contributed by atoms with Crippen LogP contribution in [0.25, 0.3) is 0 Å². The molecule has 0 aromatic heterocycles. The Morgan fingerprint density at radius 1 is 1.55 bits per heavy atom. The number of piperidine rings is 1. The molecule has 3 nitrogen and oxygen atoms in total. The minimum atomic E-state index is 0.0753. The quantitative estimate of drug-likeness (QED) is 0.572. The van der Waals surface area contributed by atoms with Gasteiger partial charge in [-0.2, -0.15) is 0 Å². The van der Waals surface area contributed by atoms with Gasteiger partial charge in [0.25, 0.3) is 0 Å². The van der Waals surface area contributed by atoms with Crippen LogP contribution in [0.4, 0.5) is 0 Å². The van der Waals surface area contributed by atoms with Gasteiger partial charge in [0.2, 0.25) is 5.91 Å². The molecule has 0 saturated carbocycles. The zero-order chi connectivity index (χ0) is 8.27. The number of hydrogen-bond acceptors (Lipinski definition) is 2. The number of nitrogens with one attached hydrogen (secondary N) is 2. The Kier molecular flexibility index (Phi) is 2.88. The van der Waals surface area contributed by atoms with Crippen molar-refractivity contribution in [2.75, 3.05) is 6.54 Å². The lowest BCUT2D eigenvalue weighted by molar-refractivity contribution is -0.119. The Balaban J connectivity index is 2.22. The average molecular weight is 156 g/mol. The highest BCUT2D eigenvalue weighted by Gasteiger charge is 2.17. The van der Waals surface area contributed by atoms with Crippen LogP contribution in [0.5, 0.6) is 0 Å². The molecule has 0 aliphatic carbocycles. The zero-order valence-electron chi connectivity index (χ0n) is 7.18. The average Bonchev–Trinajstić information content (AvgIpc) is 1.93. The second-order valence-electron chi connectivity index (χ2n) is 3.28. The molecule has 2 unspecified atom stereocenters. The van der Waals surface area contributed by atoms with Crippen LogP contribution in [0.3, 0.4) is 0 Å². The van der Waals surface area contributed by atoms with Crippen molar-refractivity contribution in [1.29, 1.82) is 0 Å². The van der Waals surface area contributed by atoms with Crippen molar-refractivity contribution in [3.05, 3.63) is 0 Å². The van der Waals surface area contributed by atoms with Crippen LogP contribution >= 0.6 is 0 Å². The second kappa shape index (κ2) is 3.72. The van der Waals surface area contributed by atoms with Gasteiger partial charge < -0.3 is 10.6 Å². The predicted octanol–water partition coefficient (Wildman–Crippen LogP) is 0.263. The normalized spacial score (nSPS) is 31.5. The molecule has 0 bridgehead atoms. The highest BCUT2D eigenvalue weighted by molar-refractivity contribution is 5.73. The first-order valence-electron chi connectivity index (χ1n) is 4.19. The van der Waals surface area contributed by atoms with Crippen LogP contribution in [-0.4, -0.2) is 24.5 Å². The largest absolute Gasteiger partial charge is 0.352 e. The molecule has 2 N–H and O–H groups in total. The fraction of sp³-hybridized carbons (Fsp3) is 0.875. The van der Waals surface area contributed by atoms with E-state index in [4.69, 9.17) is 0 Å². The van der Waals surface area contributed by atoms with Gasteiger partial charge in [-0.1, -0.05) is 0 Å². The Morgan fingerprint density at radius 3 is 2.73 bits per heavy atom. The number of hydrogen-bond donors (Lipinski definition) is 2. The molecule has 64 valence electrons. The van der Waals surface area contributed by atoms with E-state index in [0.29, 0.717) is 12.1 Å². The minimum Gasteiger partial charge on any atom is -0.352 e. The van der Waals surface area contributed by atoms with E-state index in [2.05, 4.69) is 17.6 Å². The fourth-order valence-corrected chi connectivity index (χ4v) is 1.41. The molecule has 11 heavy (non-hydrogen) atoms. The maximum absolute atomic E-state index is 10.7. The van der Waals surface area contributed by atoms with Gasteiger partial charge in [-0.25, -0.2) is 0 Å². The molecule has 1 heterocycles. The summed E-state index contributed by atoms with van der Waals surface area (Å²) in [5, 5.41) is 6.22. The third-order valence-corrected chi connectivity index (χ3v) is 2.07. The number of amides is 1. The monoisotopic (exact) mass is 156 g/mol. The molecule has 1 aliphatic rings. The molecule has 0 aromatic rings. The summed E-state index contributed by atoms with van der Waals surface area (Å²) in [6.45, 7) is 4.66. The molecule has 3 heteroatoms. The third kappa shape index (κ3) is 2.89. The highest BCUT2D eigenvalue weighted by atomic mass is 16.1. The zero-order valence-corrected chi connectivity index (χ0v) is 7.18. The van der Waals surface area contributed by atoms with Gasteiger partial charge in [-0.15, -0.1) is 0 Å². The Morgan fingerprint density at radius 2 is 2.27 bits per heavy atom. The van der Waals surface area contributed by atoms with Crippen molar-refractivity contribution < 1.29 is 4.79 Å². The van der Waals surface area contributed by atoms with Crippen LogP contribution in [0.2, 0.25) is 0 Å². The molecule has 1 fully saturated rings. The first-order chi connectivity index (χ1) is 5.18. The molecule has 0 radical (unpaired) electrons. The Bertz CT molecular complexity index is 139. The smallest absolute Gasteiger partial charge is 0.217 e. The van der Waals surface area contributed by atoms with Crippen molar-refractivity contribution in [2.45, 2.75) is 38.8 Å². The van der Waals surface area contributed by atoms with Crippen molar-refractivity contribution >= 4 is 5.91 Å². The van der Waals surface area contributed by atoms with Gasteiger partial charge in [0.05, 0.1) is 0 Å². The molecule has 1 aliphatic heterocycles. The molecule has 1 saturated heterocycles. The number of carbonyl (C=O) groups is 1. The molecule has 1 amide bonds. The van der Waals surface area contributed by atoms with E-state index in [-0.39, 0.29) is 5.91 Å². The van der Waals surface area contributed by atoms with E-state index in [0.717, 1.165) is 19.4 Å². The van der Waals surface area contributed by atoms with Crippen molar-refractivity contribution in [2.24, 2.45) is 0 Å². The molecular weight excluding hydrogens is 140 g/mol. The van der Waals surface area contributed by atoms with E-state index in [1.807, 2.05) is 0 Å². The number of carbonyl (C=O) groups excluding carboxylic acids is 1. The minimum absolute atomic E-state index is 0.0753. The Labute approximate surface area is 67.5 Å². The van der Waals surface area contributed by atoms with Crippen molar-refractivity contribution in [3.63, 3.8) is 0 Å². The third-order valence-electron chi connectivity index (χ3n) is 2.07. The van der Waals surface area contributed by atoms with Crippen LogP contribution in [-0.2, 0) is 4.79 Å². The maximum atomic E-state index is 10.7. The summed E-state index contributed by atoms with van der Waals surface area (Å²) in [5.41, 5.74) is 0. The summed E-state index contributed by atoms with van der Waals surface area (Å²) in [6, 6.07) is 0.962. The molecule has 2 atom stereocenters. The van der Waals surface area contributed by atoms with E-state index >= 15 is 0 Å². The molecule has 1 rings (SSSR count). The van der Waals surface area contributed by atoms with E-state index in [1.165, 1.54) is 0 Å². The van der Waals surface area contributed by atoms with Gasteiger partial charge in [-0.3, -0.25) is 4.79 Å². The summed E-state index contributed by atoms with van der Waals surface area (Å²) in [6.07, 6.45) is 2.26. The topological polar surface area (TPSA) is 41.1 Å². The summed E-state index contributed by atoms with van der Waals surface area (Å²) < 4.78 is 0. The van der Waals surface area contributed by atoms with Crippen LogP contribution in [0.15, 0.2) is 0 Å². The van der Waals surface area contributed by atoms with Crippen LogP contribution in [0, 0.1) is 0 Å². The predicted molar refractivity (Wildman–Crippen MR) is 44.3 cm³/mol. The van der Waals surface area contributed by atoms with Gasteiger partial charge in [0.1, 0.15) is 0 Å². The molecular formula is C8H16N2O. The summed E-state index contributed by atoms with van der Waals surface area (Å²) in [5.74, 6) is 0.0753.